The Labute approximate surface area is 148 Å². The summed E-state index contributed by atoms with van der Waals surface area (Å²) in [6, 6.07) is 1.07. The van der Waals surface area contributed by atoms with Gasteiger partial charge in [0.05, 0.1) is 5.69 Å². The number of aromatic nitrogens is 2. The molecule has 1 fully saturated rings. The molecule has 10 heteroatoms. The molecule has 1 aliphatic rings. The maximum absolute atomic E-state index is 14.2. The van der Waals surface area contributed by atoms with Crippen molar-refractivity contribution in [2.24, 2.45) is 5.92 Å². The number of carbonyl (C=O) groups is 1. The number of sulfonamides is 1. The van der Waals surface area contributed by atoms with E-state index in [0.29, 0.717) is 36.8 Å². The smallest absolute Gasteiger partial charge is 0.338 e. The fourth-order valence-corrected chi connectivity index (χ4v) is 3.63. The third-order valence-corrected chi connectivity index (χ3v) is 5.33. The summed E-state index contributed by atoms with van der Waals surface area (Å²) in [6.45, 7) is 2.49. The zero-order valence-electron chi connectivity index (χ0n) is 13.9. The molecule has 2 aromatic rings. The summed E-state index contributed by atoms with van der Waals surface area (Å²) in [6.07, 6.45) is 4.02. The molecular formula is C16H17F2N3O4S. The van der Waals surface area contributed by atoms with Crippen LogP contribution in [0.25, 0.3) is 0 Å². The second-order valence-electron chi connectivity index (χ2n) is 6.17. The number of aryl methyl sites for hydroxylation is 1. The Morgan fingerprint density at radius 3 is 2.65 bits per heavy atom. The molecule has 0 amide bonds. The molecule has 0 aliphatic heterocycles. The van der Waals surface area contributed by atoms with E-state index in [4.69, 9.17) is 5.11 Å². The van der Waals surface area contributed by atoms with Gasteiger partial charge in [-0.25, -0.2) is 18.6 Å². The van der Waals surface area contributed by atoms with Gasteiger partial charge in [0.15, 0.2) is 10.8 Å². The number of anilines is 1. The van der Waals surface area contributed by atoms with Gasteiger partial charge in [-0.1, -0.05) is 6.92 Å². The number of rotatable bonds is 7. The van der Waals surface area contributed by atoms with Gasteiger partial charge in [-0.3, -0.25) is 4.72 Å². The molecule has 0 spiro atoms. The SMILES string of the molecule is CCc1nc(S(=O)(=O)Nc2cc(F)cc(C(=O)O)c2F)cn1CC1CC1. The fourth-order valence-electron chi connectivity index (χ4n) is 2.59. The Balaban J connectivity index is 1.94. The number of nitrogens with one attached hydrogen (secondary N) is 1. The molecule has 26 heavy (non-hydrogen) atoms. The molecule has 1 aromatic heterocycles. The van der Waals surface area contributed by atoms with Gasteiger partial charge in [0.2, 0.25) is 0 Å². The monoisotopic (exact) mass is 385 g/mol. The number of imidazole rings is 1. The summed E-state index contributed by atoms with van der Waals surface area (Å²) in [7, 11) is -4.30. The quantitative estimate of drug-likeness (QED) is 0.763. The van der Waals surface area contributed by atoms with Crippen LogP contribution in [-0.2, 0) is 23.0 Å². The van der Waals surface area contributed by atoms with Crippen molar-refractivity contribution in [3.63, 3.8) is 0 Å². The van der Waals surface area contributed by atoms with Gasteiger partial charge in [-0.05, 0) is 24.8 Å². The second kappa shape index (κ2) is 6.67. The van der Waals surface area contributed by atoms with Gasteiger partial charge >= 0.3 is 5.97 Å². The van der Waals surface area contributed by atoms with Crippen LogP contribution in [0.3, 0.4) is 0 Å². The molecular weight excluding hydrogens is 368 g/mol. The van der Waals surface area contributed by atoms with Crippen LogP contribution in [0.15, 0.2) is 23.4 Å². The van der Waals surface area contributed by atoms with Crippen LogP contribution in [0.4, 0.5) is 14.5 Å². The standard InChI is InChI=1S/C16H17F2N3O4S/c1-2-13-19-14(8-21(13)7-9-3-4-9)26(24,25)20-12-6-10(17)5-11(15(12)18)16(22)23/h5-6,8-9,20H,2-4,7H2,1H3,(H,22,23). The van der Waals surface area contributed by atoms with Crippen LogP contribution in [-0.4, -0.2) is 29.0 Å². The number of halogens is 2. The van der Waals surface area contributed by atoms with Crippen molar-refractivity contribution in [2.45, 2.75) is 37.8 Å². The molecule has 1 aromatic carbocycles. The molecule has 140 valence electrons. The molecule has 1 heterocycles. The predicted octanol–water partition coefficient (Wildman–Crippen LogP) is 2.63. The van der Waals surface area contributed by atoms with Crippen molar-refractivity contribution in [3.05, 3.63) is 41.4 Å². The number of carboxylic acid groups (broad SMARTS) is 1. The molecule has 0 bridgehead atoms. The number of hydrogen-bond donors (Lipinski definition) is 2. The van der Waals surface area contributed by atoms with E-state index in [-0.39, 0.29) is 5.03 Å². The van der Waals surface area contributed by atoms with E-state index in [1.165, 1.54) is 6.20 Å². The third kappa shape index (κ3) is 3.69. The van der Waals surface area contributed by atoms with Crippen LogP contribution in [0.5, 0.6) is 0 Å². The number of carboxylic acids is 1. The first-order chi connectivity index (χ1) is 12.2. The predicted molar refractivity (Wildman–Crippen MR) is 88.5 cm³/mol. The number of nitrogens with zero attached hydrogens (tertiary/aromatic N) is 2. The van der Waals surface area contributed by atoms with Crippen molar-refractivity contribution in [2.75, 3.05) is 4.72 Å². The summed E-state index contributed by atoms with van der Waals surface area (Å²) < 4.78 is 56.4. The third-order valence-electron chi connectivity index (χ3n) is 4.09. The molecule has 0 unspecified atom stereocenters. The average Bonchev–Trinajstić information content (AvgIpc) is 3.27. The van der Waals surface area contributed by atoms with Gasteiger partial charge in [0.1, 0.15) is 17.2 Å². The van der Waals surface area contributed by atoms with Crippen molar-refractivity contribution < 1.29 is 27.1 Å². The van der Waals surface area contributed by atoms with Crippen LogP contribution < -0.4 is 4.72 Å². The van der Waals surface area contributed by atoms with Crippen molar-refractivity contribution in [3.8, 4) is 0 Å². The summed E-state index contributed by atoms with van der Waals surface area (Å²) >= 11 is 0. The molecule has 0 saturated heterocycles. The van der Waals surface area contributed by atoms with Crippen LogP contribution in [0.1, 0.15) is 35.9 Å². The Morgan fingerprint density at radius 1 is 1.38 bits per heavy atom. The van der Waals surface area contributed by atoms with Crippen LogP contribution in [0.2, 0.25) is 0 Å². The van der Waals surface area contributed by atoms with E-state index < -0.39 is 38.9 Å². The minimum absolute atomic E-state index is 0.324. The summed E-state index contributed by atoms with van der Waals surface area (Å²) in [5.41, 5.74) is -1.74. The zero-order valence-corrected chi connectivity index (χ0v) is 14.7. The summed E-state index contributed by atoms with van der Waals surface area (Å²) in [4.78, 5) is 15.0. The van der Waals surface area contributed by atoms with E-state index in [1.54, 1.807) is 4.57 Å². The normalized spacial score (nSPS) is 14.4. The first kappa shape index (κ1) is 18.3. The van der Waals surface area contributed by atoms with E-state index in [2.05, 4.69) is 4.98 Å². The maximum Gasteiger partial charge on any atom is 0.338 e. The van der Waals surface area contributed by atoms with Gasteiger partial charge in [-0.2, -0.15) is 8.42 Å². The molecule has 0 radical (unpaired) electrons. The minimum atomic E-state index is -4.30. The van der Waals surface area contributed by atoms with Gasteiger partial charge in [0.25, 0.3) is 10.0 Å². The summed E-state index contributed by atoms with van der Waals surface area (Å²) in [5.74, 6) is -3.07. The molecule has 7 nitrogen and oxygen atoms in total. The van der Waals surface area contributed by atoms with E-state index in [9.17, 15) is 22.0 Å². The first-order valence-electron chi connectivity index (χ1n) is 8.02. The highest BCUT2D eigenvalue weighted by Gasteiger charge is 2.27. The van der Waals surface area contributed by atoms with E-state index in [1.807, 2.05) is 11.6 Å². The van der Waals surface area contributed by atoms with Crippen LogP contribution in [0, 0.1) is 17.6 Å². The highest BCUT2D eigenvalue weighted by Crippen LogP contribution is 2.31. The van der Waals surface area contributed by atoms with Crippen molar-refractivity contribution in [1.82, 2.24) is 9.55 Å². The topological polar surface area (TPSA) is 101 Å². The lowest BCUT2D eigenvalue weighted by molar-refractivity contribution is 0.0691. The van der Waals surface area contributed by atoms with Gasteiger partial charge < -0.3 is 9.67 Å². The Morgan fingerprint density at radius 2 is 2.08 bits per heavy atom. The minimum Gasteiger partial charge on any atom is -0.478 e. The maximum atomic E-state index is 14.2. The fraction of sp³-hybridized carbons (Fsp3) is 0.375. The molecule has 3 rings (SSSR count). The largest absolute Gasteiger partial charge is 0.478 e. The number of hydrogen-bond acceptors (Lipinski definition) is 4. The van der Waals surface area contributed by atoms with Gasteiger partial charge in [0, 0.05) is 25.2 Å². The van der Waals surface area contributed by atoms with Crippen LogP contribution >= 0.6 is 0 Å². The molecule has 2 N–H and O–H groups in total. The van der Waals surface area contributed by atoms with E-state index in [0.717, 1.165) is 12.8 Å². The highest BCUT2D eigenvalue weighted by molar-refractivity contribution is 7.92. The lowest BCUT2D eigenvalue weighted by Crippen LogP contribution is -2.16. The Kier molecular flexibility index (Phi) is 4.70. The lowest BCUT2D eigenvalue weighted by atomic mass is 10.2. The van der Waals surface area contributed by atoms with E-state index >= 15 is 0 Å². The number of benzene rings is 1. The molecule has 1 aliphatic carbocycles. The highest BCUT2D eigenvalue weighted by atomic mass is 32.2. The molecule has 0 atom stereocenters. The Hall–Kier alpha value is -2.49. The zero-order chi connectivity index (χ0) is 19.1. The number of aromatic carboxylic acids is 1. The van der Waals surface area contributed by atoms with Gasteiger partial charge in [-0.15, -0.1) is 0 Å². The van der Waals surface area contributed by atoms with Crippen molar-refractivity contribution in [1.29, 1.82) is 0 Å². The Bertz CT molecular complexity index is 968. The second-order valence-corrected chi connectivity index (χ2v) is 7.80. The molecule has 1 saturated carbocycles. The average molecular weight is 385 g/mol. The summed E-state index contributed by atoms with van der Waals surface area (Å²) in [5, 5.41) is 8.57. The lowest BCUT2D eigenvalue weighted by Gasteiger charge is -2.09. The van der Waals surface area contributed by atoms with Crippen molar-refractivity contribution >= 4 is 21.7 Å². The first-order valence-corrected chi connectivity index (χ1v) is 9.50.